The van der Waals surface area contributed by atoms with Gasteiger partial charge in [0.25, 0.3) is 0 Å². The number of amides is 1. The summed E-state index contributed by atoms with van der Waals surface area (Å²) in [7, 11) is 0. The van der Waals surface area contributed by atoms with Crippen molar-refractivity contribution in [1.29, 1.82) is 0 Å². The monoisotopic (exact) mass is 442 g/mol. The Bertz CT molecular complexity index is 751. The van der Waals surface area contributed by atoms with Crippen LogP contribution < -0.4 is 0 Å². The smallest absolute Gasteiger partial charge is 0.475 e. The summed E-state index contributed by atoms with van der Waals surface area (Å²) in [5.41, 5.74) is 2.64. The predicted octanol–water partition coefficient (Wildman–Crippen LogP) is 4.77. The Morgan fingerprint density at radius 2 is 1.77 bits per heavy atom. The molecule has 2 fully saturated rings. The molecule has 2 atom stereocenters. The topological polar surface area (TPSA) is 60.9 Å². The molecule has 2 saturated heterocycles. The highest BCUT2D eigenvalue weighted by Crippen LogP contribution is 2.40. The molecule has 31 heavy (non-hydrogen) atoms. The van der Waals surface area contributed by atoms with E-state index in [9.17, 15) is 18.0 Å². The molecule has 1 aromatic carbocycles. The van der Waals surface area contributed by atoms with Gasteiger partial charge in [0.05, 0.1) is 0 Å². The summed E-state index contributed by atoms with van der Waals surface area (Å²) in [6.07, 6.45) is 1.41. The number of alkyl halides is 3. The van der Waals surface area contributed by atoms with E-state index in [1.165, 1.54) is 30.5 Å². The lowest BCUT2D eigenvalue weighted by Gasteiger charge is -2.38. The zero-order valence-corrected chi connectivity index (χ0v) is 18.5. The minimum absolute atomic E-state index is 0.101. The van der Waals surface area contributed by atoms with Gasteiger partial charge in [-0.2, -0.15) is 13.2 Å². The van der Waals surface area contributed by atoms with Crippen molar-refractivity contribution >= 4 is 11.9 Å². The Morgan fingerprint density at radius 1 is 1.16 bits per heavy atom. The van der Waals surface area contributed by atoms with Gasteiger partial charge in [0, 0.05) is 31.1 Å². The normalized spacial score (nSPS) is 23.3. The Balaban J connectivity index is 0.000000423. The molecule has 2 aliphatic rings. The second-order valence-electron chi connectivity index (χ2n) is 8.64. The van der Waals surface area contributed by atoms with Crippen molar-refractivity contribution in [1.82, 2.24) is 9.80 Å². The first-order valence-electron chi connectivity index (χ1n) is 10.9. The van der Waals surface area contributed by atoms with Crippen molar-refractivity contribution in [3.63, 3.8) is 0 Å². The van der Waals surface area contributed by atoms with Gasteiger partial charge in [-0.1, -0.05) is 36.8 Å². The van der Waals surface area contributed by atoms with Gasteiger partial charge >= 0.3 is 12.1 Å². The largest absolute Gasteiger partial charge is 0.490 e. The fourth-order valence-electron chi connectivity index (χ4n) is 4.42. The van der Waals surface area contributed by atoms with Crippen LogP contribution in [0.15, 0.2) is 24.3 Å². The van der Waals surface area contributed by atoms with E-state index < -0.39 is 12.1 Å². The van der Waals surface area contributed by atoms with Crippen LogP contribution in [0.5, 0.6) is 0 Å². The minimum Gasteiger partial charge on any atom is -0.475 e. The molecule has 1 amide bonds. The first-order valence-corrected chi connectivity index (χ1v) is 10.9. The number of aliphatic carboxylic acids is 1. The van der Waals surface area contributed by atoms with Gasteiger partial charge in [-0.05, 0) is 58.1 Å². The van der Waals surface area contributed by atoms with Crippen molar-refractivity contribution in [3.05, 3.63) is 35.4 Å². The molecule has 0 aromatic heterocycles. The average molecular weight is 443 g/mol. The van der Waals surface area contributed by atoms with Gasteiger partial charge in [0.2, 0.25) is 5.91 Å². The molecule has 2 heterocycles. The van der Waals surface area contributed by atoms with Crippen molar-refractivity contribution in [2.75, 3.05) is 13.1 Å². The number of nitrogens with zero attached hydrogens (tertiary/aromatic N) is 2. The molecule has 3 rings (SSSR count). The number of hydrogen-bond acceptors (Lipinski definition) is 3. The van der Waals surface area contributed by atoms with Crippen molar-refractivity contribution in [2.45, 2.75) is 83.6 Å². The number of hydrogen-bond donors (Lipinski definition) is 1. The summed E-state index contributed by atoms with van der Waals surface area (Å²) in [4.78, 5) is 26.4. The fraction of sp³-hybridized carbons (Fsp3) is 0.652. The van der Waals surface area contributed by atoms with E-state index in [1.54, 1.807) is 0 Å². The maximum Gasteiger partial charge on any atom is 0.490 e. The third-order valence-electron chi connectivity index (χ3n) is 6.55. The van der Waals surface area contributed by atoms with Crippen LogP contribution in [0.1, 0.15) is 63.5 Å². The lowest BCUT2D eigenvalue weighted by Crippen LogP contribution is -2.46. The first-order chi connectivity index (χ1) is 14.5. The second kappa shape index (κ2) is 10.5. The predicted molar refractivity (Wildman–Crippen MR) is 113 cm³/mol. The van der Waals surface area contributed by atoms with Gasteiger partial charge in [-0.3, -0.25) is 4.79 Å². The molecular formula is C23H33F3N2O3. The molecule has 0 aliphatic carbocycles. The van der Waals surface area contributed by atoms with Crippen LogP contribution in [0, 0.1) is 6.92 Å². The van der Waals surface area contributed by atoms with Gasteiger partial charge in [-0.15, -0.1) is 0 Å². The molecule has 8 heteroatoms. The molecule has 0 radical (unpaired) electrons. The Morgan fingerprint density at radius 3 is 2.32 bits per heavy atom. The number of carbonyl (C=O) groups excluding carboxylic acids is 1. The summed E-state index contributed by atoms with van der Waals surface area (Å²) in [5, 5.41) is 7.12. The number of likely N-dealkylation sites (tertiary alicyclic amines) is 2. The summed E-state index contributed by atoms with van der Waals surface area (Å²) >= 11 is 0. The number of carboxylic acids is 1. The van der Waals surface area contributed by atoms with Gasteiger partial charge < -0.3 is 14.9 Å². The lowest BCUT2D eigenvalue weighted by atomic mass is 9.87. The van der Waals surface area contributed by atoms with Crippen LogP contribution >= 0.6 is 0 Å². The first kappa shape index (κ1) is 25.2. The van der Waals surface area contributed by atoms with E-state index in [0.29, 0.717) is 11.9 Å². The third-order valence-corrected chi connectivity index (χ3v) is 6.55. The number of carboxylic acid groups (broad SMARTS) is 1. The summed E-state index contributed by atoms with van der Waals surface area (Å²) in [6.45, 7) is 9.81. The highest BCUT2D eigenvalue weighted by Gasteiger charge is 2.45. The maximum atomic E-state index is 12.6. The number of benzene rings is 1. The zero-order chi connectivity index (χ0) is 23.2. The maximum absolute atomic E-state index is 12.6. The van der Waals surface area contributed by atoms with Crippen molar-refractivity contribution in [3.8, 4) is 0 Å². The molecule has 0 bridgehead atoms. The van der Waals surface area contributed by atoms with E-state index in [4.69, 9.17) is 9.90 Å². The van der Waals surface area contributed by atoms with E-state index in [1.807, 2.05) is 0 Å². The number of carbonyl (C=O) groups is 2. The molecule has 174 valence electrons. The minimum atomic E-state index is -5.08. The quantitative estimate of drug-likeness (QED) is 0.730. The van der Waals surface area contributed by atoms with Crippen molar-refractivity contribution < 1.29 is 27.9 Å². The Hall–Kier alpha value is -2.09. The summed E-state index contributed by atoms with van der Waals surface area (Å²) in [5.74, 6) is -2.40. The highest BCUT2D eigenvalue weighted by molar-refractivity contribution is 5.79. The van der Waals surface area contributed by atoms with Crippen LogP contribution in [0.25, 0.3) is 0 Å². The Kier molecular flexibility index (Phi) is 8.51. The molecular weight excluding hydrogens is 409 g/mol. The zero-order valence-electron chi connectivity index (χ0n) is 18.5. The van der Waals surface area contributed by atoms with Crippen LogP contribution in [-0.2, 0) is 16.1 Å². The number of halogens is 3. The van der Waals surface area contributed by atoms with Crippen LogP contribution in [0.3, 0.4) is 0 Å². The van der Waals surface area contributed by atoms with Gasteiger partial charge in [0.1, 0.15) is 0 Å². The lowest BCUT2D eigenvalue weighted by molar-refractivity contribution is -0.192. The van der Waals surface area contributed by atoms with E-state index in [0.717, 1.165) is 38.8 Å². The van der Waals surface area contributed by atoms with Gasteiger partial charge in [-0.25, -0.2) is 4.79 Å². The highest BCUT2D eigenvalue weighted by atomic mass is 19.4. The van der Waals surface area contributed by atoms with Crippen LogP contribution in [0.4, 0.5) is 13.2 Å². The third kappa shape index (κ3) is 6.69. The molecule has 2 unspecified atom stereocenters. The molecule has 0 saturated carbocycles. The Labute approximate surface area is 182 Å². The van der Waals surface area contributed by atoms with Crippen LogP contribution in [-0.4, -0.2) is 57.6 Å². The molecule has 2 aliphatic heterocycles. The van der Waals surface area contributed by atoms with E-state index >= 15 is 0 Å². The molecule has 5 nitrogen and oxygen atoms in total. The van der Waals surface area contributed by atoms with Crippen molar-refractivity contribution in [2.24, 2.45) is 0 Å². The van der Waals surface area contributed by atoms with E-state index in [-0.39, 0.29) is 5.54 Å². The fourth-order valence-corrected chi connectivity index (χ4v) is 4.42. The van der Waals surface area contributed by atoms with E-state index in [2.05, 4.69) is 54.8 Å². The summed E-state index contributed by atoms with van der Waals surface area (Å²) in [6, 6.07) is 9.32. The summed E-state index contributed by atoms with van der Waals surface area (Å²) < 4.78 is 31.7. The standard InChI is InChI=1S/C21H32N2O.C2HF3O2/c1-4-18(3)22-14-5-11-21(13-15-22)12-10-20(24)23(21)16-19-8-6-17(2)7-9-19;3-2(4,5)1(6)7/h6-9,18H,4-5,10-16H2,1-3H3;(H,6,7). The van der Waals surface area contributed by atoms with Crippen LogP contribution in [0.2, 0.25) is 0 Å². The molecule has 1 N–H and O–H groups in total. The molecule has 1 aromatic rings. The molecule has 1 spiro atoms. The second-order valence-corrected chi connectivity index (χ2v) is 8.64. The number of aryl methyl sites for hydroxylation is 1. The average Bonchev–Trinajstić information content (AvgIpc) is 2.88. The van der Waals surface area contributed by atoms with Gasteiger partial charge in [0.15, 0.2) is 0 Å². The number of rotatable bonds is 4. The SMILES string of the molecule is CCC(C)N1CCCC2(CCC(=O)N2Cc2ccc(C)cc2)CC1.O=C(O)C(F)(F)F.